The minimum atomic E-state index is -4.47. The van der Waals surface area contributed by atoms with Crippen LogP contribution in [0.4, 0.5) is 24.5 Å². The first-order valence-corrected chi connectivity index (χ1v) is 44.8. The minimum absolute atomic E-state index is 0.00860. The third-order valence-corrected chi connectivity index (χ3v) is 23.7. The summed E-state index contributed by atoms with van der Waals surface area (Å²) in [6, 6.07) is 82.1. The fourth-order valence-electron chi connectivity index (χ4n) is 12.6. The molecule has 5 aromatic heterocycles. The zero-order valence-corrected chi connectivity index (χ0v) is 74.6. The molecule has 668 valence electrons. The zero-order valence-electron chi connectivity index (χ0n) is 69.7. The molecule has 0 saturated carbocycles. The number of nitrogens with zero attached hydrogens (tertiary/aromatic N) is 2. The Morgan fingerprint density at radius 1 is 0.318 bits per heavy atom. The first-order valence-electron chi connectivity index (χ1n) is 40.0. The van der Waals surface area contributed by atoms with Crippen molar-refractivity contribution < 1.29 is 99.4 Å². The number of benzene rings is 10. The van der Waals surface area contributed by atoms with Gasteiger partial charge in [-0.3, -0.25) is 44.2 Å². The SMILES string of the molecule is COc1cccc(CCOC(=O)c2ccccc2C(=O)c2cccs2)c1.O=C(OCCc1ccc(Cl)cc1)c1ccccc1C(=O)c1cccs1.O=C(OCCc1cccc([N+](=O)[O-])c1)c1ccccc1C(=O)c1cccs1.O=C(OCCc1ccccc1[N+](=O)[O-])c1ccccc1C(=O)c1cccs1.O=C(OCc1cccc(C(F)(F)F)c1)c1ccccc1C(=O)c1cccs1. The molecule has 0 unspecified atom stereocenters. The predicted molar refractivity (Wildman–Crippen MR) is 498 cm³/mol. The highest BCUT2D eigenvalue weighted by Gasteiger charge is 2.31. The molecule has 0 radical (unpaired) electrons. The molecule has 0 saturated heterocycles. The molecule has 132 heavy (non-hydrogen) atoms. The molecule has 0 aliphatic heterocycles. The fourth-order valence-corrected chi connectivity index (χ4v) is 16.1. The molecule has 10 aromatic carbocycles. The van der Waals surface area contributed by atoms with Crippen molar-refractivity contribution in [1.29, 1.82) is 0 Å². The Balaban J connectivity index is 0.000000159. The molecule has 0 fully saturated rings. The molecule has 0 atom stereocenters. The van der Waals surface area contributed by atoms with Crippen molar-refractivity contribution >= 4 is 138 Å². The number of non-ortho nitro benzene ring substituents is 1. The molecule has 0 amide bonds. The van der Waals surface area contributed by atoms with E-state index in [-0.39, 0.29) is 124 Å². The highest BCUT2D eigenvalue weighted by atomic mass is 35.5. The minimum Gasteiger partial charge on any atom is -0.497 e. The van der Waals surface area contributed by atoms with E-state index in [4.69, 9.17) is 40.0 Å². The van der Waals surface area contributed by atoms with Crippen LogP contribution in [0.3, 0.4) is 0 Å². The number of alkyl halides is 3. The largest absolute Gasteiger partial charge is 0.497 e. The van der Waals surface area contributed by atoms with Gasteiger partial charge in [0, 0.05) is 82.3 Å². The third kappa shape index (κ3) is 28.0. The van der Waals surface area contributed by atoms with E-state index in [9.17, 15) is 81.3 Å². The van der Waals surface area contributed by atoms with E-state index in [2.05, 4.69) is 0 Å². The van der Waals surface area contributed by atoms with E-state index in [1.54, 1.807) is 217 Å². The molecule has 22 nitrogen and oxygen atoms in total. The number of ketones is 5. The zero-order chi connectivity index (χ0) is 93.9. The molecule has 0 spiro atoms. The lowest BCUT2D eigenvalue weighted by Gasteiger charge is -2.10. The topological polar surface area (TPSA) is 312 Å². The molecule has 0 bridgehead atoms. The lowest BCUT2D eigenvalue weighted by atomic mass is 10.0. The molecule has 5 heterocycles. The summed E-state index contributed by atoms with van der Waals surface area (Å²) < 4.78 is 69.9. The number of nitro benzene ring substituents is 2. The third-order valence-electron chi connectivity index (χ3n) is 19.1. The molecular formula is C101H76ClF3N2O20S5. The molecular weight excluding hydrogens is 1810 g/mol. The van der Waals surface area contributed by atoms with E-state index >= 15 is 0 Å². The van der Waals surface area contributed by atoms with Gasteiger partial charge < -0.3 is 28.4 Å². The number of esters is 5. The smallest absolute Gasteiger partial charge is 0.416 e. The number of hydrogen-bond acceptors (Lipinski definition) is 25. The quantitative estimate of drug-likeness (QED) is 0.0124. The monoisotopic (exact) mass is 1890 g/mol. The molecule has 0 N–H and O–H groups in total. The molecule has 15 rings (SSSR count). The number of para-hydroxylation sites is 1. The number of carbonyl (C=O) groups is 10. The summed E-state index contributed by atoms with van der Waals surface area (Å²) in [6.45, 7) is 0.173. The van der Waals surface area contributed by atoms with Gasteiger partial charge in [-0.1, -0.05) is 200 Å². The van der Waals surface area contributed by atoms with Gasteiger partial charge in [-0.25, -0.2) is 24.0 Å². The van der Waals surface area contributed by atoms with E-state index < -0.39 is 51.4 Å². The van der Waals surface area contributed by atoms with Gasteiger partial charge in [0.25, 0.3) is 11.4 Å². The Morgan fingerprint density at radius 3 is 0.985 bits per heavy atom. The Bertz CT molecular complexity index is 6520. The second-order valence-electron chi connectivity index (χ2n) is 27.9. The first-order chi connectivity index (χ1) is 63.8. The maximum atomic E-state index is 12.8. The Morgan fingerprint density at radius 2 is 0.636 bits per heavy atom. The van der Waals surface area contributed by atoms with Crippen LogP contribution in [0, 0.1) is 20.2 Å². The summed E-state index contributed by atoms with van der Waals surface area (Å²) in [5, 5.41) is 31.5. The van der Waals surface area contributed by atoms with Crippen LogP contribution in [0.1, 0.15) is 161 Å². The highest BCUT2D eigenvalue weighted by molar-refractivity contribution is 7.13. The van der Waals surface area contributed by atoms with E-state index in [1.165, 1.54) is 105 Å². The van der Waals surface area contributed by atoms with Crippen LogP contribution in [-0.4, -0.2) is 102 Å². The number of halogens is 4. The van der Waals surface area contributed by atoms with Crippen LogP contribution < -0.4 is 4.74 Å². The number of thiophene rings is 5. The van der Waals surface area contributed by atoms with Gasteiger partial charge >= 0.3 is 36.0 Å². The van der Waals surface area contributed by atoms with Crippen molar-refractivity contribution in [3.8, 4) is 5.75 Å². The Kier molecular flexibility index (Phi) is 36.3. The molecule has 0 aliphatic rings. The van der Waals surface area contributed by atoms with Crippen molar-refractivity contribution in [2.75, 3.05) is 33.5 Å². The standard InChI is InChI=1S/C21H18O4S.C20H15ClO3S.C20H13F3O3S.2C20H15NO5S/c1-24-16-7-4-6-15(14-16)11-12-25-21(23)18-9-3-2-8-17(18)20(22)19-10-5-13-26-19;21-15-9-7-14(8-10-15)11-12-24-20(23)17-5-2-1-4-16(17)19(22)18-6-3-13-25-18;21-20(22,23)14-6-3-5-13(11-14)12-26-19(25)16-8-2-1-7-15(16)18(24)17-9-4-10-27-17;22-19(18-10-5-13-27-18)15-7-2-3-8-16(15)20(23)26-12-11-14-6-1-4-9-17(14)21(24)25;22-19(18-9-4-12-27-18)16-7-1-2-8-17(16)20(23)26-11-10-14-5-3-6-15(13-14)21(24)25/h2-10,13-14H,11-12H2,1H3;1-10,13H,11-12H2;1-11H,12H2;1-10,13H,11-12H2;1-9,12-13H,10-11H2. The number of hydrogen-bond donors (Lipinski definition) is 0. The summed E-state index contributed by atoms with van der Waals surface area (Å²) in [5.41, 5.74) is 5.10. The summed E-state index contributed by atoms with van der Waals surface area (Å²) in [7, 11) is 1.61. The average molecular weight is 1890 g/mol. The number of methoxy groups -OCH3 is 1. The van der Waals surface area contributed by atoms with Gasteiger partial charge in [-0.05, 0) is 146 Å². The number of carbonyl (C=O) groups excluding carboxylic acids is 10. The van der Waals surface area contributed by atoms with Crippen LogP contribution in [-0.2, 0) is 62.2 Å². The van der Waals surface area contributed by atoms with Crippen LogP contribution >= 0.6 is 68.3 Å². The maximum absolute atomic E-state index is 12.8. The second-order valence-corrected chi connectivity index (χ2v) is 33.0. The summed E-state index contributed by atoms with van der Waals surface area (Å²) >= 11 is 12.4. The summed E-state index contributed by atoms with van der Waals surface area (Å²) in [4.78, 5) is 149. The number of ether oxygens (including phenoxy) is 6. The van der Waals surface area contributed by atoms with Gasteiger partial charge in [-0.15, -0.1) is 56.7 Å². The van der Waals surface area contributed by atoms with Crippen LogP contribution in [0.2, 0.25) is 5.02 Å². The van der Waals surface area contributed by atoms with Crippen LogP contribution in [0.5, 0.6) is 5.75 Å². The van der Waals surface area contributed by atoms with E-state index in [0.29, 0.717) is 76.5 Å². The highest BCUT2D eigenvalue weighted by Crippen LogP contribution is 2.32. The van der Waals surface area contributed by atoms with Crippen molar-refractivity contribution in [2.24, 2.45) is 0 Å². The second kappa shape index (κ2) is 49.0. The van der Waals surface area contributed by atoms with Crippen molar-refractivity contribution in [1.82, 2.24) is 0 Å². The van der Waals surface area contributed by atoms with Gasteiger partial charge in [0.05, 0.1) is 101 Å². The normalized spacial score (nSPS) is 10.6. The number of nitro groups is 2. The van der Waals surface area contributed by atoms with Crippen LogP contribution in [0.25, 0.3) is 0 Å². The number of rotatable bonds is 32. The van der Waals surface area contributed by atoms with Crippen molar-refractivity contribution in [2.45, 2.75) is 38.5 Å². The van der Waals surface area contributed by atoms with Gasteiger partial charge in [0.1, 0.15) is 12.4 Å². The lowest BCUT2D eigenvalue weighted by molar-refractivity contribution is -0.385. The Labute approximate surface area is 779 Å². The summed E-state index contributed by atoms with van der Waals surface area (Å²) in [5.74, 6) is -3.32. The Hall–Kier alpha value is -14.9. The van der Waals surface area contributed by atoms with Crippen molar-refractivity contribution in [3.05, 3.63) is 469 Å². The first kappa shape index (κ1) is 97.7. The summed E-state index contributed by atoms with van der Waals surface area (Å²) in [6.07, 6.45) is -2.76. The molecule has 0 aliphatic carbocycles. The average Bonchev–Trinajstić information content (AvgIpc) is 1.31. The van der Waals surface area contributed by atoms with E-state index in [0.717, 1.165) is 29.0 Å². The van der Waals surface area contributed by atoms with Crippen molar-refractivity contribution in [3.63, 3.8) is 0 Å². The molecule has 31 heteroatoms. The van der Waals surface area contributed by atoms with Gasteiger partial charge in [0.15, 0.2) is 0 Å². The van der Waals surface area contributed by atoms with Gasteiger partial charge in [-0.2, -0.15) is 13.2 Å². The predicted octanol–water partition coefficient (Wildman–Crippen LogP) is 23.3. The van der Waals surface area contributed by atoms with Gasteiger partial charge in [0.2, 0.25) is 28.9 Å². The van der Waals surface area contributed by atoms with E-state index in [1.807, 2.05) is 59.3 Å². The molecule has 15 aromatic rings. The lowest BCUT2D eigenvalue weighted by Crippen LogP contribution is -2.13. The van der Waals surface area contributed by atoms with Crippen LogP contribution in [0.15, 0.2) is 330 Å². The maximum Gasteiger partial charge on any atom is 0.416 e. The fraction of sp³-hybridized carbons (Fsp3) is 0.109.